The Kier molecular flexibility index (Phi) is 1.86. The highest BCUT2D eigenvalue weighted by Gasteiger charge is 2.40. The summed E-state index contributed by atoms with van der Waals surface area (Å²) in [6.45, 7) is 0. The molecule has 7 heteroatoms. The number of alkyl halides is 1. The number of nitro groups is 1. The van der Waals surface area contributed by atoms with Gasteiger partial charge in [-0.2, -0.15) is 4.99 Å². The lowest BCUT2D eigenvalue weighted by atomic mass is 10.6. The molecule has 5 nitrogen and oxygen atoms in total. The van der Waals surface area contributed by atoms with Gasteiger partial charge in [-0.25, -0.2) is 4.99 Å². The van der Waals surface area contributed by atoms with Crippen molar-refractivity contribution in [2.45, 2.75) is 4.57 Å². The Morgan fingerprint density at radius 1 is 1.80 bits per heavy atom. The Morgan fingerprint density at radius 3 is 2.60 bits per heavy atom. The summed E-state index contributed by atoms with van der Waals surface area (Å²) in [6.07, 6.45) is 1.11. The highest BCUT2D eigenvalue weighted by molar-refractivity contribution is 9.18. The minimum absolute atomic E-state index is 0.223. The normalized spacial score (nSPS) is 30.4. The molecule has 0 amide bonds. The highest BCUT2D eigenvalue weighted by Crippen LogP contribution is 2.23. The minimum atomic E-state index is -1.55. The first-order valence-electron chi connectivity index (χ1n) is 2.18. The van der Waals surface area contributed by atoms with Crippen molar-refractivity contribution >= 4 is 42.8 Å². The van der Waals surface area contributed by atoms with Gasteiger partial charge in [0.25, 0.3) is 0 Å². The van der Waals surface area contributed by atoms with Crippen LogP contribution in [0.4, 0.5) is 0 Å². The van der Waals surface area contributed by atoms with Crippen LogP contribution in [0.3, 0.4) is 0 Å². The monoisotopic (exact) mass is 269 g/mol. The number of aliphatic imine (C=N–C) groups is 2. The summed E-state index contributed by atoms with van der Waals surface area (Å²) in [7, 11) is 0. The molecule has 54 valence electrons. The van der Waals surface area contributed by atoms with E-state index < -0.39 is 9.50 Å². The van der Waals surface area contributed by atoms with Crippen LogP contribution in [0.2, 0.25) is 0 Å². The third-order valence-electron chi connectivity index (χ3n) is 0.840. The summed E-state index contributed by atoms with van der Waals surface area (Å²) in [5.41, 5.74) is 0. The first-order valence-corrected chi connectivity index (χ1v) is 3.77. The summed E-state index contributed by atoms with van der Waals surface area (Å²) in [5.74, 6) is 0. The molecule has 0 aliphatic carbocycles. The lowest BCUT2D eigenvalue weighted by Gasteiger charge is -2.01. The predicted octanol–water partition coefficient (Wildman–Crippen LogP) is 1.15. The second-order valence-electron chi connectivity index (χ2n) is 1.53. The molecule has 0 aromatic carbocycles. The Hall–Kier alpha value is -0.300. The molecule has 1 atom stereocenters. The van der Waals surface area contributed by atoms with Gasteiger partial charge in [-0.15, -0.1) is 0 Å². The molecule has 0 aromatic heterocycles. The van der Waals surface area contributed by atoms with Crippen LogP contribution in [0.1, 0.15) is 0 Å². The van der Waals surface area contributed by atoms with E-state index in [4.69, 9.17) is 0 Å². The average Bonchev–Trinajstić information content (AvgIpc) is 2.13. The zero-order valence-electron chi connectivity index (χ0n) is 4.49. The molecular formula is C3HBr2N3O2. The first-order chi connectivity index (χ1) is 4.54. The summed E-state index contributed by atoms with van der Waals surface area (Å²) in [6, 6.07) is 0. The summed E-state index contributed by atoms with van der Waals surface area (Å²) >= 11 is 5.68. The van der Waals surface area contributed by atoms with Crippen LogP contribution in [0.25, 0.3) is 0 Å². The van der Waals surface area contributed by atoms with Crippen LogP contribution in [0.15, 0.2) is 9.98 Å². The van der Waals surface area contributed by atoms with E-state index in [-0.39, 0.29) is 4.74 Å². The van der Waals surface area contributed by atoms with Crippen molar-refractivity contribution in [3.05, 3.63) is 10.1 Å². The molecule has 0 spiro atoms. The predicted molar refractivity (Wildman–Crippen MR) is 43.5 cm³/mol. The van der Waals surface area contributed by atoms with Crippen molar-refractivity contribution in [2.24, 2.45) is 9.98 Å². The largest absolute Gasteiger partial charge is 0.406 e. The zero-order valence-corrected chi connectivity index (χ0v) is 7.66. The number of nitrogens with zero attached hydrogens (tertiary/aromatic N) is 3. The van der Waals surface area contributed by atoms with Gasteiger partial charge >= 0.3 is 4.57 Å². The molecular weight excluding hydrogens is 270 g/mol. The lowest BCUT2D eigenvalue weighted by molar-refractivity contribution is -0.510. The average molecular weight is 271 g/mol. The van der Waals surface area contributed by atoms with Gasteiger partial charge in [-0.3, -0.25) is 10.1 Å². The number of hydrogen-bond acceptors (Lipinski definition) is 4. The number of rotatable bonds is 1. The third-order valence-corrected chi connectivity index (χ3v) is 1.89. The second-order valence-corrected chi connectivity index (χ2v) is 3.41. The third kappa shape index (κ3) is 1.24. The van der Waals surface area contributed by atoms with Crippen molar-refractivity contribution < 1.29 is 4.92 Å². The van der Waals surface area contributed by atoms with E-state index in [9.17, 15) is 10.1 Å². The fraction of sp³-hybridized carbons (Fsp3) is 0.333. The summed E-state index contributed by atoms with van der Waals surface area (Å²) in [4.78, 5) is 16.7. The van der Waals surface area contributed by atoms with Crippen molar-refractivity contribution in [1.82, 2.24) is 0 Å². The highest BCUT2D eigenvalue weighted by atomic mass is 79.9. The molecule has 0 fully saturated rings. The Balaban J connectivity index is 2.95. The molecule has 10 heavy (non-hydrogen) atoms. The summed E-state index contributed by atoms with van der Waals surface area (Å²) < 4.78 is -1.33. The molecule has 1 unspecified atom stereocenters. The molecule has 0 N–H and O–H groups in total. The molecule has 0 bridgehead atoms. The maximum Gasteiger partial charge on any atom is 0.406 e. The van der Waals surface area contributed by atoms with Gasteiger partial charge in [0.1, 0.15) is 6.21 Å². The van der Waals surface area contributed by atoms with Gasteiger partial charge in [0, 0.05) is 15.9 Å². The fourth-order valence-corrected chi connectivity index (χ4v) is 1.29. The topological polar surface area (TPSA) is 67.9 Å². The van der Waals surface area contributed by atoms with Gasteiger partial charge in [-0.1, -0.05) is 0 Å². The first kappa shape index (κ1) is 7.80. The molecule has 0 aromatic rings. The van der Waals surface area contributed by atoms with Gasteiger partial charge in [0.05, 0.1) is 4.92 Å². The molecule has 1 aliphatic heterocycles. The van der Waals surface area contributed by atoms with E-state index in [2.05, 4.69) is 41.8 Å². The van der Waals surface area contributed by atoms with Crippen LogP contribution >= 0.6 is 31.9 Å². The summed E-state index contributed by atoms with van der Waals surface area (Å²) in [5, 5.41) is 10.2. The SMILES string of the molecule is O=[N+]([O-])C1(Br)C=NC(Br)=N1. The van der Waals surface area contributed by atoms with Crippen LogP contribution in [-0.4, -0.2) is 20.5 Å². The Labute approximate surface area is 72.6 Å². The van der Waals surface area contributed by atoms with Gasteiger partial charge in [0.2, 0.25) is 0 Å². The van der Waals surface area contributed by atoms with Crippen molar-refractivity contribution in [1.29, 1.82) is 0 Å². The Bertz CT molecular complexity index is 238. The smallest absolute Gasteiger partial charge is 0.261 e. The van der Waals surface area contributed by atoms with E-state index in [0.717, 1.165) is 6.21 Å². The van der Waals surface area contributed by atoms with Crippen LogP contribution in [0.5, 0.6) is 0 Å². The molecule has 1 aliphatic rings. The van der Waals surface area contributed by atoms with E-state index in [1.807, 2.05) is 0 Å². The van der Waals surface area contributed by atoms with Gasteiger partial charge in [0.15, 0.2) is 4.74 Å². The van der Waals surface area contributed by atoms with Crippen LogP contribution < -0.4 is 0 Å². The van der Waals surface area contributed by atoms with E-state index in [1.165, 1.54) is 0 Å². The Morgan fingerprint density at radius 2 is 2.40 bits per heavy atom. The van der Waals surface area contributed by atoms with Gasteiger partial charge in [-0.05, 0) is 15.9 Å². The molecule has 0 radical (unpaired) electrons. The van der Waals surface area contributed by atoms with E-state index in [0.29, 0.717) is 0 Å². The van der Waals surface area contributed by atoms with Crippen molar-refractivity contribution in [2.75, 3.05) is 0 Å². The quantitative estimate of drug-likeness (QED) is 0.310. The number of halogens is 2. The lowest BCUT2D eigenvalue weighted by Crippen LogP contribution is -2.28. The van der Waals surface area contributed by atoms with Crippen LogP contribution in [-0.2, 0) is 0 Å². The zero-order chi connectivity index (χ0) is 7.78. The molecule has 0 saturated heterocycles. The number of amidine groups is 1. The molecule has 0 saturated carbocycles. The number of hydrogen-bond donors (Lipinski definition) is 0. The van der Waals surface area contributed by atoms with Gasteiger partial charge < -0.3 is 0 Å². The molecule has 1 heterocycles. The minimum Gasteiger partial charge on any atom is -0.261 e. The van der Waals surface area contributed by atoms with Crippen LogP contribution in [0, 0.1) is 10.1 Å². The second kappa shape index (κ2) is 2.39. The fourth-order valence-electron chi connectivity index (χ4n) is 0.410. The maximum atomic E-state index is 10.2. The molecule has 1 rings (SSSR count). The van der Waals surface area contributed by atoms with E-state index in [1.54, 1.807) is 0 Å². The maximum absolute atomic E-state index is 10.2. The standard InChI is InChI=1S/C3HBr2N3O2/c4-2-6-1-3(5,7-2)8(9)10/h1H. The van der Waals surface area contributed by atoms with Crippen molar-refractivity contribution in [3.63, 3.8) is 0 Å². The van der Waals surface area contributed by atoms with E-state index >= 15 is 0 Å². The van der Waals surface area contributed by atoms with Crippen molar-refractivity contribution in [3.8, 4) is 0 Å².